The number of aliphatic hydroxyl groups is 1. The van der Waals surface area contributed by atoms with Crippen molar-refractivity contribution in [3.05, 3.63) is 57.8 Å². The Morgan fingerprint density at radius 1 is 1.14 bits per heavy atom. The molecule has 2 heterocycles. The number of nitrogens with zero attached hydrogens (tertiary/aromatic N) is 1. The first-order valence-corrected chi connectivity index (χ1v) is 11.3. The van der Waals surface area contributed by atoms with Gasteiger partial charge in [0.15, 0.2) is 0 Å². The Labute approximate surface area is 171 Å². The minimum Gasteiger partial charge on any atom is -0.391 e. The molecule has 2 fully saturated rings. The van der Waals surface area contributed by atoms with Gasteiger partial charge in [0.1, 0.15) is 0 Å². The SMILES string of the molecule is Cc1ccc(CCC(=O)N[C@H]2C[C@H]3CN(Cc4ccsc4)C[C@H]3C[C@@H]2O)cc1. The van der Waals surface area contributed by atoms with Crippen LogP contribution in [-0.2, 0) is 17.8 Å². The number of carbonyl (C=O) groups excluding carboxylic acids is 1. The van der Waals surface area contributed by atoms with Gasteiger partial charge in [0.05, 0.1) is 12.1 Å². The van der Waals surface area contributed by atoms with Gasteiger partial charge in [-0.15, -0.1) is 0 Å². The molecule has 1 aromatic heterocycles. The highest BCUT2D eigenvalue weighted by atomic mass is 32.1. The number of hydrogen-bond donors (Lipinski definition) is 2. The molecule has 1 amide bonds. The number of likely N-dealkylation sites (tertiary alicyclic amines) is 1. The number of aliphatic hydroxyl groups excluding tert-OH is 1. The predicted molar refractivity (Wildman–Crippen MR) is 113 cm³/mol. The molecule has 4 rings (SSSR count). The molecule has 28 heavy (non-hydrogen) atoms. The van der Waals surface area contributed by atoms with E-state index in [1.54, 1.807) is 11.3 Å². The van der Waals surface area contributed by atoms with Crippen molar-refractivity contribution in [3.63, 3.8) is 0 Å². The molecule has 2 aliphatic rings. The Balaban J connectivity index is 1.26. The minimum absolute atomic E-state index is 0.0520. The molecule has 0 spiro atoms. The number of thiophene rings is 1. The van der Waals surface area contributed by atoms with Gasteiger partial charge in [0, 0.05) is 26.1 Å². The van der Waals surface area contributed by atoms with Crippen LogP contribution in [0.4, 0.5) is 0 Å². The first-order chi connectivity index (χ1) is 13.6. The van der Waals surface area contributed by atoms with Crippen molar-refractivity contribution in [1.82, 2.24) is 10.2 Å². The smallest absolute Gasteiger partial charge is 0.220 e. The van der Waals surface area contributed by atoms with Gasteiger partial charge >= 0.3 is 0 Å². The third-order valence-electron chi connectivity index (χ3n) is 6.31. The maximum Gasteiger partial charge on any atom is 0.220 e. The van der Waals surface area contributed by atoms with E-state index in [1.165, 1.54) is 16.7 Å². The first-order valence-electron chi connectivity index (χ1n) is 10.3. The van der Waals surface area contributed by atoms with E-state index < -0.39 is 6.10 Å². The van der Waals surface area contributed by atoms with Gasteiger partial charge in [-0.2, -0.15) is 11.3 Å². The van der Waals surface area contributed by atoms with Crippen molar-refractivity contribution in [2.24, 2.45) is 11.8 Å². The number of nitrogens with one attached hydrogen (secondary N) is 1. The minimum atomic E-state index is -0.425. The third-order valence-corrected chi connectivity index (χ3v) is 7.04. The Morgan fingerprint density at radius 3 is 2.61 bits per heavy atom. The van der Waals surface area contributed by atoms with Crippen molar-refractivity contribution in [3.8, 4) is 0 Å². The molecule has 0 radical (unpaired) electrons. The third kappa shape index (κ3) is 4.83. The van der Waals surface area contributed by atoms with E-state index in [2.05, 4.69) is 58.2 Å². The van der Waals surface area contributed by atoms with Crippen LogP contribution in [0.2, 0.25) is 0 Å². The standard InChI is InChI=1S/C23H30N2O2S/c1-16-2-4-17(5-3-16)6-7-23(27)24-21-10-19-13-25(12-18-8-9-28-15-18)14-20(19)11-22(21)26/h2-5,8-9,15,19-22,26H,6-7,10-14H2,1H3,(H,24,27)/t19-,20+,21-,22-/m0/s1. The van der Waals surface area contributed by atoms with Crippen LogP contribution in [0.15, 0.2) is 41.1 Å². The number of amides is 1. The summed E-state index contributed by atoms with van der Waals surface area (Å²) in [6.45, 7) is 5.20. The van der Waals surface area contributed by atoms with Crippen LogP contribution in [0.25, 0.3) is 0 Å². The lowest BCUT2D eigenvalue weighted by Crippen LogP contribution is -2.49. The van der Waals surface area contributed by atoms with Gasteiger partial charge < -0.3 is 10.4 Å². The van der Waals surface area contributed by atoms with E-state index in [-0.39, 0.29) is 11.9 Å². The molecule has 0 bridgehead atoms. The Morgan fingerprint density at radius 2 is 1.89 bits per heavy atom. The summed E-state index contributed by atoms with van der Waals surface area (Å²) in [6, 6.07) is 10.4. The lowest BCUT2D eigenvalue weighted by molar-refractivity contribution is -0.123. The van der Waals surface area contributed by atoms with E-state index in [1.807, 2.05) is 0 Å². The fourth-order valence-electron chi connectivity index (χ4n) is 4.74. The topological polar surface area (TPSA) is 52.6 Å². The van der Waals surface area contributed by atoms with Crippen molar-refractivity contribution in [1.29, 1.82) is 0 Å². The van der Waals surface area contributed by atoms with Crippen LogP contribution in [0.1, 0.15) is 36.0 Å². The maximum atomic E-state index is 12.4. The number of carbonyl (C=O) groups is 1. The molecular weight excluding hydrogens is 368 g/mol. The van der Waals surface area contributed by atoms with Crippen molar-refractivity contribution in [2.45, 2.75) is 51.3 Å². The molecule has 1 saturated carbocycles. The monoisotopic (exact) mass is 398 g/mol. The lowest BCUT2D eigenvalue weighted by atomic mass is 9.77. The van der Waals surface area contributed by atoms with Crippen molar-refractivity contribution in [2.75, 3.05) is 13.1 Å². The summed E-state index contributed by atoms with van der Waals surface area (Å²) in [5, 5.41) is 18.1. The molecule has 2 N–H and O–H groups in total. The summed E-state index contributed by atoms with van der Waals surface area (Å²) in [5.41, 5.74) is 3.80. The lowest BCUT2D eigenvalue weighted by Gasteiger charge is -2.35. The molecule has 1 aliphatic heterocycles. The summed E-state index contributed by atoms with van der Waals surface area (Å²) < 4.78 is 0. The number of rotatable bonds is 6. The molecule has 2 aromatic rings. The Hall–Kier alpha value is -1.69. The van der Waals surface area contributed by atoms with Crippen LogP contribution in [0.5, 0.6) is 0 Å². The predicted octanol–water partition coefficient (Wildman–Crippen LogP) is 3.38. The largest absolute Gasteiger partial charge is 0.391 e. The summed E-state index contributed by atoms with van der Waals surface area (Å²) >= 11 is 1.75. The fraction of sp³-hybridized carbons (Fsp3) is 0.522. The van der Waals surface area contributed by atoms with E-state index in [4.69, 9.17) is 0 Å². The highest BCUT2D eigenvalue weighted by Gasteiger charge is 2.41. The molecule has 1 aromatic carbocycles. The van der Waals surface area contributed by atoms with E-state index in [0.29, 0.717) is 18.3 Å². The molecule has 4 nitrogen and oxygen atoms in total. The molecule has 0 unspecified atom stereocenters. The second-order valence-electron chi connectivity index (χ2n) is 8.54. The highest BCUT2D eigenvalue weighted by Crippen LogP contribution is 2.37. The summed E-state index contributed by atoms with van der Waals surface area (Å²) in [5.74, 6) is 1.18. The van der Waals surface area contributed by atoms with Crippen molar-refractivity contribution < 1.29 is 9.90 Å². The van der Waals surface area contributed by atoms with Crippen molar-refractivity contribution >= 4 is 17.2 Å². The zero-order valence-corrected chi connectivity index (χ0v) is 17.3. The van der Waals surface area contributed by atoms with Gasteiger partial charge in [0.2, 0.25) is 5.91 Å². The van der Waals surface area contributed by atoms with Crippen LogP contribution in [-0.4, -0.2) is 41.1 Å². The van der Waals surface area contributed by atoms with Crippen LogP contribution >= 0.6 is 11.3 Å². The second-order valence-corrected chi connectivity index (χ2v) is 9.32. The van der Waals surface area contributed by atoms with Crippen LogP contribution < -0.4 is 5.32 Å². The molecule has 1 saturated heterocycles. The van der Waals surface area contributed by atoms with Gasteiger partial charge in [-0.1, -0.05) is 29.8 Å². The quantitative estimate of drug-likeness (QED) is 0.784. The molecule has 150 valence electrons. The zero-order chi connectivity index (χ0) is 19.5. The van der Waals surface area contributed by atoms with Gasteiger partial charge in [-0.05, 0) is 66.0 Å². The highest BCUT2D eigenvalue weighted by molar-refractivity contribution is 7.07. The number of hydrogen-bond acceptors (Lipinski definition) is 4. The Kier molecular flexibility index (Phi) is 6.14. The van der Waals surface area contributed by atoms with E-state index in [0.717, 1.165) is 38.9 Å². The second kappa shape index (κ2) is 8.76. The Bertz CT molecular complexity index is 774. The summed E-state index contributed by atoms with van der Waals surface area (Å²) in [7, 11) is 0. The molecule has 4 atom stereocenters. The zero-order valence-electron chi connectivity index (χ0n) is 16.5. The normalized spacial score (nSPS) is 27.5. The van der Waals surface area contributed by atoms with Gasteiger partial charge in [-0.3, -0.25) is 9.69 Å². The number of benzene rings is 1. The average Bonchev–Trinajstić information content (AvgIpc) is 3.31. The molecule has 1 aliphatic carbocycles. The van der Waals surface area contributed by atoms with Gasteiger partial charge in [-0.25, -0.2) is 0 Å². The molecule has 5 heteroatoms. The molecular formula is C23H30N2O2S. The summed E-state index contributed by atoms with van der Waals surface area (Å²) in [4.78, 5) is 14.9. The number of fused-ring (bicyclic) bond motifs is 1. The first kappa shape index (κ1) is 19.6. The van der Waals surface area contributed by atoms with Gasteiger partial charge in [0.25, 0.3) is 0 Å². The van der Waals surface area contributed by atoms with Crippen LogP contribution in [0, 0.1) is 18.8 Å². The van der Waals surface area contributed by atoms with Crippen LogP contribution in [0.3, 0.4) is 0 Å². The maximum absolute atomic E-state index is 12.4. The fourth-order valence-corrected chi connectivity index (χ4v) is 5.40. The number of aryl methyl sites for hydroxylation is 2. The summed E-state index contributed by atoms with van der Waals surface area (Å²) in [6.07, 6.45) is 2.49. The van der Waals surface area contributed by atoms with E-state index in [9.17, 15) is 9.90 Å². The average molecular weight is 399 g/mol. The van der Waals surface area contributed by atoms with E-state index >= 15 is 0 Å².